The summed E-state index contributed by atoms with van der Waals surface area (Å²) < 4.78 is 67.9. The molecule has 3 aromatic carbocycles. The third kappa shape index (κ3) is 7.84. The molecule has 1 N–H and O–H groups in total. The van der Waals surface area contributed by atoms with E-state index >= 15 is 0 Å². The summed E-state index contributed by atoms with van der Waals surface area (Å²) in [5.41, 5.74) is 1.62. The number of amides is 1. The van der Waals surface area contributed by atoms with E-state index in [1.54, 1.807) is 19.1 Å². The number of halogens is 3. The minimum atomic E-state index is -4.57. The van der Waals surface area contributed by atoms with Crippen LogP contribution in [0.5, 0.6) is 0 Å². The average Bonchev–Trinajstić information content (AvgIpc) is 3.11. The molecule has 2 saturated heterocycles. The zero-order valence-corrected chi connectivity index (χ0v) is 28.8. The number of alkyl halides is 3. The van der Waals surface area contributed by atoms with Crippen LogP contribution < -0.4 is 5.32 Å². The maximum atomic E-state index is 14.5. The first kappa shape index (κ1) is 35.0. The Bertz CT molecular complexity index is 1900. The predicted octanol–water partition coefficient (Wildman–Crippen LogP) is 7.66. The zero-order valence-electron chi connectivity index (χ0n) is 28.0. The van der Waals surface area contributed by atoms with Crippen molar-refractivity contribution >= 4 is 26.6 Å². The van der Waals surface area contributed by atoms with Crippen LogP contribution in [-0.4, -0.2) is 67.1 Å². The molecule has 7 nitrogen and oxygen atoms in total. The van der Waals surface area contributed by atoms with Gasteiger partial charge in [0, 0.05) is 29.1 Å². The van der Waals surface area contributed by atoms with E-state index in [1.807, 2.05) is 37.3 Å². The SMILES string of the molecule is CCS(=O)(=O)c1ccc2nc(-c3cccc(C(F)(F)F)c3)c(CN3CCC(N4CCCCC4)CC3)c(C(=O)N[C@@H](C)c3ccccc3)c2c1. The summed E-state index contributed by atoms with van der Waals surface area (Å²) in [5, 5.41) is 3.45. The molecule has 0 bridgehead atoms. The third-order valence-electron chi connectivity index (χ3n) is 9.98. The number of sulfone groups is 1. The number of carbonyl (C=O) groups is 1. The Morgan fingerprint density at radius 2 is 1.65 bits per heavy atom. The number of hydrogen-bond donors (Lipinski definition) is 1. The van der Waals surface area contributed by atoms with E-state index in [1.165, 1.54) is 37.5 Å². The summed E-state index contributed by atoms with van der Waals surface area (Å²) in [5.74, 6) is -0.569. The Labute approximate surface area is 286 Å². The molecule has 49 heavy (non-hydrogen) atoms. The Kier molecular flexibility index (Phi) is 10.4. The lowest BCUT2D eigenvalue weighted by Crippen LogP contribution is -2.46. The maximum Gasteiger partial charge on any atom is 0.416 e. The fourth-order valence-electron chi connectivity index (χ4n) is 7.18. The van der Waals surface area contributed by atoms with Gasteiger partial charge in [0.1, 0.15) is 0 Å². The van der Waals surface area contributed by atoms with Crippen LogP contribution in [-0.2, 0) is 22.6 Å². The molecule has 0 saturated carbocycles. The average molecular weight is 693 g/mol. The Balaban J connectivity index is 1.49. The molecule has 0 spiro atoms. The number of pyridine rings is 1. The summed E-state index contributed by atoms with van der Waals surface area (Å²) in [4.78, 5) is 24.3. The summed E-state index contributed by atoms with van der Waals surface area (Å²) in [7, 11) is -3.64. The third-order valence-corrected chi connectivity index (χ3v) is 11.7. The van der Waals surface area contributed by atoms with Gasteiger partial charge in [-0.2, -0.15) is 13.2 Å². The van der Waals surface area contributed by atoms with E-state index in [2.05, 4.69) is 15.1 Å². The minimum absolute atomic E-state index is 0.0644. The Morgan fingerprint density at radius 1 is 0.939 bits per heavy atom. The Hall–Kier alpha value is -3.80. The number of nitrogens with one attached hydrogen (secondary N) is 1. The fraction of sp³-hybridized carbons (Fsp3) is 0.421. The van der Waals surface area contributed by atoms with Crippen LogP contribution in [0.15, 0.2) is 77.7 Å². The molecule has 0 unspecified atom stereocenters. The van der Waals surface area contributed by atoms with Crippen LogP contribution in [0.2, 0.25) is 0 Å². The van der Waals surface area contributed by atoms with Gasteiger partial charge >= 0.3 is 6.18 Å². The van der Waals surface area contributed by atoms with E-state index in [0.29, 0.717) is 22.5 Å². The van der Waals surface area contributed by atoms with Crippen molar-refractivity contribution in [1.82, 2.24) is 20.1 Å². The molecular formula is C38H43F3N4O3S. The summed E-state index contributed by atoms with van der Waals surface area (Å²) in [6.45, 7) is 7.41. The highest BCUT2D eigenvalue weighted by molar-refractivity contribution is 7.91. The van der Waals surface area contributed by atoms with Crippen LogP contribution in [0.3, 0.4) is 0 Å². The number of piperidine rings is 2. The molecule has 2 fully saturated rings. The van der Waals surface area contributed by atoms with Gasteiger partial charge in [-0.25, -0.2) is 13.4 Å². The zero-order chi connectivity index (χ0) is 34.8. The molecular weight excluding hydrogens is 650 g/mol. The second kappa shape index (κ2) is 14.6. The van der Waals surface area contributed by atoms with Crippen molar-refractivity contribution in [3.8, 4) is 11.3 Å². The van der Waals surface area contributed by atoms with Crippen LogP contribution in [0.1, 0.15) is 79.0 Å². The number of benzene rings is 3. The number of likely N-dealkylation sites (tertiary alicyclic amines) is 2. The lowest BCUT2D eigenvalue weighted by molar-refractivity contribution is -0.137. The molecule has 0 aliphatic carbocycles. The molecule has 2 aliphatic rings. The highest BCUT2D eigenvalue weighted by Crippen LogP contribution is 2.37. The van der Waals surface area contributed by atoms with Crippen LogP contribution in [0.25, 0.3) is 22.2 Å². The molecule has 260 valence electrons. The lowest BCUT2D eigenvalue weighted by atomic mass is 9.93. The van der Waals surface area contributed by atoms with Gasteiger partial charge in [0.05, 0.1) is 39.0 Å². The first-order valence-corrected chi connectivity index (χ1v) is 18.8. The van der Waals surface area contributed by atoms with Crippen LogP contribution in [0, 0.1) is 0 Å². The normalized spacial score (nSPS) is 17.7. The maximum absolute atomic E-state index is 14.5. The number of aromatic nitrogens is 1. The molecule has 4 aromatic rings. The summed E-state index contributed by atoms with van der Waals surface area (Å²) in [6.07, 6.45) is 1.00. The number of fused-ring (bicyclic) bond motifs is 1. The molecule has 3 heterocycles. The second-order valence-corrected chi connectivity index (χ2v) is 15.5. The van der Waals surface area contributed by atoms with E-state index < -0.39 is 33.5 Å². The molecule has 1 amide bonds. The molecule has 11 heteroatoms. The molecule has 1 atom stereocenters. The van der Waals surface area contributed by atoms with Crippen molar-refractivity contribution in [3.63, 3.8) is 0 Å². The first-order chi connectivity index (χ1) is 23.4. The van der Waals surface area contributed by atoms with Gasteiger partial charge in [0.15, 0.2) is 9.84 Å². The van der Waals surface area contributed by atoms with Gasteiger partial charge in [-0.3, -0.25) is 9.69 Å². The monoisotopic (exact) mass is 692 g/mol. The molecule has 6 rings (SSSR count). The molecule has 0 radical (unpaired) electrons. The molecule has 2 aliphatic heterocycles. The topological polar surface area (TPSA) is 82.6 Å². The van der Waals surface area contributed by atoms with Crippen molar-refractivity contribution in [3.05, 3.63) is 95.1 Å². The van der Waals surface area contributed by atoms with Gasteiger partial charge in [-0.1, -0.05) is 55.8 Å². The van der Waals surface area contributed by atoms with E-state index in [4.69, 9.17) is 4.98 Å². The first-order valence-electron chi connectivity index (χ1n) is 17.1. The number of hydrogen-bond acceptors (Lipinski definition) is 6. The Morgan fingerprint density at radius 3 is 2.33 bits per heavy atom. The van der Waals surface area contributed by atoms with Crippen LogP contribution >= 0.6 is 0 Å². The highest BCUT2D eigenvalue weighted by atomic mass is 32.2. The smallest absolute Gasteiger partial charge is 0.345 e. The van der Waals surface area contributed by atoms with Crippen molar-refractivity contribution in [2.75, 3.05) is 31.9 Å². The van der Waals surface area contributed by atoms with Crippen molar-refractivity contribution in [2.24, 2.45) is 0 Å². The fourth-order valence-corrected chi connectivity index (χ4v) is 8.09. The lowest BCUT2D eigenvalue weighted by Gasteiger charge is -2.40. The number of rotatable bonds is 9. The summed E-state index contributed by atoms with van der Waals surface area (Å²) in [6, 6.07) is 19.1. The minimum Gasteiger partial charge on any atom is -0.345 e. The summed E-state index contributed by atoms with van der Waals surface area (Å²) >= 11 is 0. The predicted molar refractivity (Wildman–Crippen MR) is 186 cm³/mol. The van der Waals surface area contributed by atoms with E-state index in [0.717, 1.165) is 56.7 Å². The van der Waals surface area contributed by atoms with E-state index in [9.17, 15) is 26.4 Å². The van der Waals surface area contributed by atoms with Crippen molar-refractivity contribution in [2.45, 2.75) is 75.7 Å². The van der Waals surface area contributed by atoms with E-state index in [-0.39, 0.29) is 34.0 Å². The highest BCUT2D eigenvalue weighted by Gasteiger charge is 2.33. The standard InChI is InChI=1S/C38H43F3N4O3S/c1-3-49(47,48)31-15-16-34-32(24-31)35(37(46)42-26(2)27-11-6-4-7-12-27)33(36(43-34)28-13-10-14-29(23-28)38(39,40)41)25-44-21-17-30(18-22-44)45-19-8-5-9-20-45/h4,6-7,10-16,23-24,26,30H,3,5,8-9,17-22,25H2,1-2H3,(H,42,46)/t26-/m0/s1. The van der Waals surface area contributed by atoms with Crippen molar-refractivity contribution < 1.29 is 26.4 Å². The largest absolute Gasteiger partial charge is 0.416 e. The van der Waals surface area contributed by atoms with Gasteiger partial charge in [-0.15, -0.1) is 0 Å². The molecule has 1 aromatic heterocycles. The number of carbonyl (C=O) groups excluding carboxylic acids is 1. The van der Waals surface area contributed by atoms with Gasteiger partial charge in [0.25, 0.3) is 5.91 Å². The van der Waals surface area contributed by atoms with Crippen molar-refractivity contribution in [1.29, 1.82) is 0 Å². The number of nitrogens with zero attached hydrogens (tertiary/aromatic N) is 3. The van der Waals surface area contributed by atoms with Gasteiger partial charge in [0.2, 0.25) is 0 Å². The van der Waals surface area contributed by atoms with Gasteiger partial charge in [-0.05, 0) is 94.7 Å². The van der Waals surface area contributed by atoms with Gasteiger partial charge < -0.3 is 10.2 Å². The quantitative estimate of drug-likeness (QED) is 0.194. The second-order valence-electron chi connectivity index (χ2n) is 13.2. The van der Waals surface area contributed by atoms with Crippen LogP contribution in [0.4, 0.5) is 13.2 Å².